The molecule has 2 heterocycles. The van der Waals surface area contributed by atoms with E-state index in [0.717, 1.165) is 24.3 Å². The smallest absolute Gasteiger partial charge is 0.125 e. The van der Waals surface area contributed by atoms with Crippen LogP contribution in [0.5, 0.6) is 0 Å². The van der Waals surface area contributed by atoms with Crippen molar-refractivity contribution in [3.63, 3.8) is 0 Å². The summed E-state index contributed by atoms with van der Waals surface area (Å²) in [6.07, 6.45) is 5.74. The number of nitrogens with one attached hydrogen (secondary N) is 1. The van der Waals surface area contributed by atoms with Crippen molar-refractivity contribution in [2.45, 2.75) is 25.2 Å². The Balaban J connectivity index is 2.03. The Kier molecular flexibility index (Phi) is 3.26. The maximum atomic E-state index is 10.3. The van der Waals surface area contributed by atoms with Crippen molar-refractivity contribution in [3.8, 4) is 0 Å². The van der Waals surface area contributed by atoms with Crippen LogP contribution in [0.4, 0.5) is 0 Å². The largest absolute Gasteiger partial charge is 0.316 e. The van der Waals surface area contributed by atoms with Gasteiger partial charge in [-0.15, -0.1) is 11.3 Å². The van der Waals surface area contributed by atoms with Crippen LogP contribution < -0.4 is 5.32 Å². The van der Waals surface area contributed by atoms with E-state index >= 15 is 0 Å². The van der Waals surface area contributed by atoms with E-state index in [-0.39, 0.29) is 0 Å². The van der Waals surface area contributed by atoms with Crippen molar-refractivity contribution in [3.05, 3.63) is 16.1 Å². The summed E-state index contributed by atoms with van der Waals surface area (Å²) in [4.78, 5) is 15.8. The minimum atomic E-state index is 0.512. The summed E-state index contributed by atoms with van der Waals surface area (Å²) in [6, 6.07) is 0. The van der Waals surface area contributed by atoms with E-state index in [1.165, 1.54) is 17.8 Å². The van der Waals surface area contributed by atoms with Crippen LogP contribution in [0, 0.1) is 0 Å². The molecular formula is C10H14N2OS. The minimum Gasteiger partial charge on any atom is -0.316 e. The van der Waals surface area contributed by atoms with Gasteiger partial charge >= 0.3 is 0 Å². The van der Waals surface area contributed by atoms with Gasteiger partial charge in [0.05, 0.1) is 5.01 Å². The van der Waals surface area contributed by atoms with Gasteiger partial charge in [-0.2, -0.15) is 0 Å². The van der Waals surface area contributed by atoms with Gasteiger partial charge in [-0.3, -0.25) is 0 Å². The third kappa shape index (κ3) is 2.19. The van der Waals surface area contributed by atoms with E-state index in [0.29, 0.717) is 12.3 Å². The first-order chi connectivity index (χ1) is 6.90. The Hall–Kier alpha value is -0.740. The molecule has 76 valence electrons. The van der Waals surface area contributed by atoms with Crippen molar-refractivity contribution in [1.29, 1.82) is 0 Å². The fourth-order valence-electron chi connectivity index (χ4n) is 1.75. The van der Waals surface area contributed by atoms with Gasteiger partial charge in [-0.1, -0.05) is 0 Å². The molecule has 0 bridgehead atoms. The van der Waals surface area contributed by atoms with Gasteiger partial charge in [-0.25, -0.2) is 4.98 Å². The Labute approximate surface area is 87.6 Å². The molecule has 0 radical (unpaired) electrons. The molecule has 1 fully saturated rings. The molecule has 1 aromatic heterocycles. The number of aldehydes is 1. The van der Waals surface area contributed by atoms with Gasteiger partial charge in [0.1, 0.15) is 6.29 Å². The topological polar surface area (TPSA) is 42.0 Å². The second-order valence-corrected chi connectivity index (χ2v) is 4.73. The number of carbonyl (C=O) groups excluding carboxylic acids is 1. The number of thiazole rings is 1. The third-order valence-electron chi connectivity index (χ3n) is 2.50. The second kappa shape index (κ2) is 4.66. The molecule has 0 aromatic carbocycles. The summed E-state index contributed by atoms with van der Waals surface area (Å²) in [5, 5.41) is 4.56. The molecular weight excluding hydrogens is 196 g/mol. The van der Waals surface area contributed by atoms with Gasteiger partial charge in [-0.05, 0) is 19.4 Å². The highest BCUT2D eigenvalue weighted by molar-refractivity contribution is 7.11. The number of rotatable bonds is 3. The predicted octanol–water partition coefficient (Wildman–Crippen LogP) is 1.35. The average molecular weight is 210 g/mol. The Morgan fingerprint density at radius 1 is 1.71 bits per heavy atom. The first-order valence-corrected chi connectivity index (χ1v) is 5.81. The Morgan fingerprint density at radius 2 is 2.64 bits per heavy atom. The minimum absolute atomic E-state index is 0.512. The molecule has 1 aromatic rings. The molecule has 1 saturated heterocycles. The molecule has 3 nitrogen and oxygen atoms in total. The Bertz CT molecular complexity index is 305. The van der Waals surface area contributed by atoms with Gasteiger partial charge in [0.15, 0.2) is 0 Å². The number of aromatic nitrogens is 1. The highest BCUT2D eigenvalue weighted by Gasteiger charge is 2.17. The molecule has 2 rings (SSSR count). The van der Waals surface area contributed by atoms with E-state index in [9.17, 15) is 4.79 Å². The number of hydrogen-bond acceptors (Lipinski definition) is 4. The average Bonchev–Trinajstić information content (AvgIpc) is 2.68. The quantitative estimate of drug-likeness (QED) is 0.766. The summed E-state index contributed by atoms with van der Waals surface area (Å²) >= 11 is 1.68. The van der Waals surface area contributed by atoms with Crippen LogP contribution in [0.15, 0.2) is 6.20 Å². The standard InChI is InChI=1S/C10H14N2OS/c13-5-3-9-7-12-10(14-9)8-2-1-4-11-6-8/h5,7-8,11H,1-4,6H2. The lowest BCUT2D eigenvalue weighted by Gasteiger charge is -2.20. The van der Waals surface area contributed by atoms with E-state index in [1.807, 2.05) is 6.20 Å². The lowest BCUT2D eigenvalue weighted by Crippen LogP contribution is -2.28. The SMILES string of the molecule is O=CCc1cnc(C2CCCNC2)s1. The first kappa shape index (κ1) is 9.80. The molecule has 14 heavy (non-hydrogen) atoms. The van der Waals surface area contributed by atoms with Gasteiger partial charge < -0.3 is 10.1 Å². The summed E-state index contributed by atoms with van der Waals surface area (Å²) in [7, 11) is 0. The summed E-state index contributed by atoms with van der Waals surface area (Å²) in [6.45, 7) is 2.16. The van der Waals surface area contributed by atoms with Crippen molar-refractivity contribution in [2.75, 3.05) is 13.1 Å². The number of nitrogens with zero attached hydrogens (tertiary/aromatic N) is 1. The van der Waals surface area contributed by atoms with Crippen molar-refractivity contribution < 1.29 is 4.79 Å². The van der Waals surface area contributed by atoms with Gasteiger partial charge in [0.25, 0.3) is 0 Å². The van der Waals surface area contributed by atoms with Gasteiger partial charge in [0.2, 0.25) is 0 Å². The Morgan fingerprint density at radius 3 is 3.36 bits per heavy atom. The van der Waals surface area contributed by atoms with E-state index in [4.69, 9.17) is 0 Å². The van der Waals surface area contributed by atoms with Crippen LogP contribution in [-0.2, 0) is 11.2 Å². The molecule has 1 atom stereocenters. The highest BCUT2D eigenvalue weighted by atomic mass is 32.1. The lowest BCUT2D eigenvalue weighted by molar-refractivity contribution is -0.107. The lowest BCUT2D eigenvalue weighted by atomic mass is 10.0. The fourth-order valence-corrected chi connectivity index (χ4v) is 2.75. The summed E-state index contributed by atoms with van der Waals surface area (Å²) in [5.74, 6) is 0.564. The molecule has 4 heteroatoms. The predicted molar refractivity (Wildman–Crippen MR) is 56.7 cm³/mol. The van der Waals surface area contributed by atoms with E-state index in [1.54, 1.807) is 11.3 Å². The van der Waals surface area contributed by atoms with Gasteiger partial charge in [0, 0.05) is 30.0 Å². The summed E-state index contributed by atoms with van der Waals surface area (Å²) in [5.41, 5.74) is 0. The molecule has 0 saturated carbocycles. The number of piperidine rings is 1. The first-order valence-electron chi connectivity index (χ1n) is 4.99. The van der Waals surface area contributed by atoms with Crippen LogP contribution in [0.2, 0.25) is 0 Å². The molecule has 1 aliphatic rings. The number of hydrogen-bond donors (Lipinski definition) is 1. The van der Waals surface area contributed by atoms with Crippen LogP contribution in [-0.4, -0.2) is 24.4 Å². The van der Waals surface area contributed by atoms with Crippen molar-refractivity contribution >= 4 is 17.6 Å². The highest BCUT2D eigenvalue weighted by Crippen LogP contribution is 2.27. The monoisotopic (exact) mass is 210 g/mol. The molecule has 0 amide bonds. The van der Waals surface area contributed by atoms with E-state index < -0.39 is 0 Å². The van der Waals surface area contributed by atoms with Crippen LogP contribution in [0.3, 0.4) is 0 Å². The van der Waals surface area contributed by atoms with Crippen molar-refractivity contribution in [2.24, 2.45) is 0 Å². The van der Waals surface area contributed by atoms with E-state index in [2.05, 4.69) is 10.3 Å². The fraction of sp³-hybridized carbons (Fsp3) is 0.600. The molecule has 1 unspecified atom stereocenters. The molecule has 1 N–H and O–H groups in total. The zero-order chi connectivity index (χ0) is 9.80. The molecule has 1 aliphatic heterocycles. The van der Waals surface area contributed by atoms with Crippen molar-refractivity contribution in [1.82, 2.24) is 10.3 Å². The zero-order valence-corrected chi connectivity index (χ0v) is 8.85. The maximum Gasteiger partial charge on any atom is 0.125 e. The van der Waals surface area contributed by atoms with Crippen LogP contribution in [0.25, 0.3) is 0 Å². The molecule has 0 aliphatic carbocycles. The zero-order valence-electron chi connectivity index (χ0n) is 8.03. The molecule has 0 spiro atoms. The normalized spacial score (nSPS) is 22.1. The number of carbonyl (C=O) groups is 1. The second-order valence-electron chi connectivity index (χ2n) is 3.58. The summed E-state index contributed by atoms with van der Waals surface area (Å²) < 4.78 is 0. The maximum absolute atomic E-state index is 10.3. The van der Waals surface area contributed by atoms with Crippen LogP contribution in [0.1, 0.15) is 28.6 Å². The van der Waals surface area contributed by atoms with Crippen LogP contribution >= 0.6 is 11.3 Å². The third-order valence-corrected chi connectivity index (χ3v) is 3.68.